The van der Waals surface area contributed by atoms with Crippen LogP contribution in [0.2, 0.25) is 5.22 Å². The Morgan fingerprint density at radius 1 is 1.46 bits per heavy atom. The number of rotatable bonds is 4. The molecule has 74 valence electrons. The fourth-order valence-electron chi connectivity index (χ4n) is 1.45. The van der Waals surface area contributed by atoms with E-state index in [1.165, 1.54) is 0 Å². The molecule has 0 fully saturated rings. The fourth-order valence-corrected chi connectivity index (χ4v) is 1.60. The summed E-state index contributed by atoms with van der Waals surface area (Å²) in [7, 11) is 0. The van der Waals surface area contributed by atoms with E-state index < -0.39 is 0 Å². The maximum Gasteiger partial charge on any atom is 0.193 e. The van der Waals surface area contributed by atoms with Crippen molar-refractivity contribution in [3.63, 3.8) is 0 Å². The minimum absolute atomic E-state index is 0.299. The maximum absolute atomic E-state index is 5.69. The lowest BCUT2D eigenvalue weighted by atomic mass is 9.95. The molecule has 1 aromatic heterocycles. The van der Waals surface area contributed by atoms with Crippen LogP contribution in [0, 0.1) is 5.92 Å². The Hall–Kier alpha value is -0.470. The van der Waals surface area contributed by atoms with E-state index in [1.807, 2.05) is 6.07 Å². The molecule has 1 heterocycles. The zero-order valence-corrected chi connectivity index (χ0v) is 8.84. The highest BCUT2D eigenvalue weighted by molar-refractivity contribution is 6.28. The van der Waals surface area contributed by atoms with Crippen molar-refractivity contribution in [1.29, 1.82) is 0 Å². The van der Waals surface area contributed by atoms with Crippen molar-refractivity contribution in [2.75, 3.05) is 6.54 Å². The minimum Gasteiger partial charge on any atom is -0.449 e. The van der Waals surface area contributed by atoms with Crippen molar-refractivity contribution in [1.82, 2.24) is 0 Å². The van der Waals surface area contributed by atoms with Gasteiger partial charge in [-0.15, -0.1) is 0 Å². The van der Waals surface area contributed by atoms with Gasteiger partial charge in [0, 0.05) is 12.5 Å². The van der Waals surface area contributed by atoms with Gasteiger partial charge < -0.3 is 10.2 Å². The molecule has 0 saturated carbocycles. The van der Waals surface area contributed by atoms with Gasteiger partial charge in [0.1, 0.15) is 5.76 Å². The van der Waals surface area contributed by atoms with Gasteiger partial charge in [-0.2, -0.15) is 0 Å². The van der Waals surface area contributed by atoms with Gasteiger partial charge in [0.2, 0.25) is 0 Å². The van der Waals surface area contributed by atoms with Crippen molar-refractivity contribution in [2.45, 2.75) is 26.2 Å². The molecule has 0 aliphatic heterocycles. The Morgan fingerprint density at radius 2 is 2.15 bits per heavy atom. The van der Waals surface area contributed by atoms with Gasteiger partial charge in [0.05, 0.1) is 0 Å². The standard InChI is InChI=1S/C10H16ClNO/c1-7(2)5-8(6-12)9-3-4-10(11)13-9/h3-4,7-8H,5-6,12H2,1-2H3. The first kappa shape index (κ1) is 10.6. The van der Waals surface area contributed by atoms with Crippen molar-refractivity contribution < 1.29 is 4.42 Å². The Kier molecular flexibility index (Phi) is 3.82. The summed E-state index contributed by atoms with van der Waals surface area (Å²) in [6, 6.07) is 3.67. The molecule has 0 radical (unpaired) electrons. The monoisotopic (exact) mass is 201 g/mol. The third-order valence-electron chi connectivity index (χ3n) is 2.04. The van der Waals surface area contributed by atoms with E-state index in [0.29, 0.717) is 23.6 Å². The average Bonchev–Trinajstić information content (AvgIpc) is 2.47. The van der Waals surface area contributed by atoms with Crippen LogP contribution in [0.1, 0.15) is 31.9 Å². The summed E-state index contributed by atoms with van der Waals surface area (Å²) in [5.74, 6) is 1.83. The third-order valence-corrected chi connectivity index (χ3v) is 2.24. The summed E-state index contributed by atoms with van der Waals surface area (Å²) in [5, 5.41) is 0.442. The van der Waals surface area contributed by atoms with Crippen LogP contribution >= 0.6 is 11.6 Å². The molecule has 1 aromatic rings. The molecular weight excluding hydrogens is 186 g/mol. The molecule has 0 saturated heterocycles. The van der Waals surface area contributed by atoms with Gasteiger partial charge >= 0.3 is 0 Å². The second-order valence-corrected chi connectivity index (χ2v) is 4.08. The quantitative estimate of drug-likeness (QED) is 0.814. The highest BCUT2D eigenvalue weighted by Gasteiger charge is 2.15. The highest BCUT2D eigenvalue weighted by atomic mass is 35.5. The molecule has 1 atom stereocenters. The van der Waals surface area contributed by atoms with Crippen LogP contribution in [-0.2, 0) is 0 Å². The predicted octanol–water partition coefficient (Wildman–Crippen LogP) is 3.02. The number of furan rings is 1. The van der Waals surface area contributed by atoms with Gasteiger partial charge in [-0.1, -0.05) is 13.8 Å². The summed E-state index contributed by atoms with van der Waals surface area (Å²) in [6.45, 7) is 4.96. The Bertz CT molecular complexity index is 257. The Balaban J connectivity index is 2.66. The SMILES string of the molecule is CC(C)CC(CN)c1ccc(Cl)o1. The van der Waals surface area contributed by atoms with Crippen LogP contribution in [0.3, 0.4) is 0 Å². The van der Waals surface area contributed by atoms with Crippen LogP contribution in [0.5, 0.6) is 0 Å². The fraction of sp³-hybridized carbons (Fsp3) is 0.600. The zero-order chi connectivity index (χ0) is 9.84. The zero-order valence-electron chi connectivity index (χ0n) is 8.09. The molecule has 0 spiro atoms. The van der Waals surface area contributed by atoms with Gasteiger partial charge in [-0.05, 0) is 36.1 Å². The molecule has 13 heavy (non-hydrogen) atoms. The van der Waals surface area contributed by atoms with E-state index in [-0.39, 0.29) is 0 Å². The van der Waals surface area contributed by atoms with Crippen molar-refractivity contribution >= 4 is 11.6 Å². The smallest absolute Gasteiger partial charge is 0.193 e. The van der Waals surface area contributed by atoms with E-state index in [9.17, 15) is 0 Å². The first-order chi connectivity index (χ1) is 6.13. The highest BCUT2D eigenvalue weighted by Crippen LogP contribution is 2.26. The van der Waals surface area contributed by atoms with Gasteiger partial charge in [-0.25, -0.2) is 0 Å². The topological polar surface area (TPSA) is 39.2 Å². The lowest BCUT2D eigenvalue weighted by Gasteiger charge is -2.13. The first-order valence-corrected chi connectivity index (χ1v) is 4.96. The third kappa shape index (κ3) is 3.05. The second-order valence-electron chi connectivity index (χ2n) is 3.70. The number of nitrogens with two attached hydrogens (primary N) is 1. The molecule has 2 N–H and O–H groups in total. The van der Waals surface area contributed by atoms with Crippen molar-refractivity contribution in [3.05, 3.63) is 23.1 Å². The van der Waals surface area contributed by atoms with Crippen molar-refractivity contribution in [2.24, 2.45) is 11.7 Å². The van der Waals surface area contributed by atoms with Crippen LogP contribution < -0.4 is 5.73 Å². The minimum atomic E-state index is 0.299. The molecule has 1 rings (SSSR count). The molecule has 0 bridgehead atoms. The predicted molar refractivity (Wildman–Crippen MR) is 55.0 cm³/mol. The Labute approximate surface area is 84.1 Å². The number of hydrogen-bond acceptors (Lipinski definition) is 2. The molecule has 2 nitrogen and oxygen atoms in total. The molecule has 0 aliphatic rings. The first-order valence-electron chi connectivity index (χ1n) is 4.58. The molecule has 0 aromatic carbocycles. The largest absolute Gasteiger partial charge is 0.449 e. The number of halogens is 1. The lowest BCUT2D eigenvalue weighted by molar-refractivity contribution is 0.414. The maximum atomic E-state index is 5.69. The summed E-state index contributed by atoms with van der Waals surface area (Å²) in [5.41, 5.74) is 5.66. The molecular formula is C10H16ClNO. The van der Waals surface area contributed by atoms with Gasteiger partial charge in [0.15, 0.2) is 5.22 Å². The van der Waals surface area contributed by atoms with E-state index in [0.717, 1.165) is 12.2 Å². The van der Waals surface area contributed by atoms with Crippen LogP contribution in [0.4, 0.5) is 0 Å². The molecule has 1 unspecified atom stereocenters. The summed E-state index contributed by atoms with van der Waals surface area (Å²) < 4.78 is 5.32. The van der Waals surface area contributed by atoms with E-state index in [4.69, 9.17) is 21.8 Å². The molecule has 3 heteroatoms. The summed E-state index contributed by atoms with van der Waals surface area (Å²) in [6.07, 6.45) is 1.04. The molecule has 0 amide bonds. The van der Waals surface area contributed by atoms with Crippen LogP contribution in [0.15, 0.2) is 16.5 Å². The Morgan fingerprint density at radius 3 is 2.54 bits per heavy atom. The van der Waals surface area contributed by atoms with Crippen LogP contribution in [0.25, 0.3) is 0 Å². The summed E-state index contributed by atoms with van der Waals surface area (Å²) >= 11 is 5.69. The van der Waals surface area contributed by atoms with E-state index in [1.54, 1.807) is 6.07 Å². The number of hydrogen-bond donors (Lipinski definition) is 1. The average molecular weight is 202 g/mol. The van der Waals surface area contributed by atoms with Crippen molar-refractivity contribution in [3.8, 4) is 0 Å². The van der Waals surface area contributed by atoms with E-state index >= 15 is 0 Å². The second kappa shape index (κ2) is 4.68. The van der Waals surface area contributed by atoms with Crippen LogP contribution in [-0.4, -0.2) is 6.54 Å². The summed E-state index contributed by atoms with van der Waals surface area (Å²) in [4.78, 5) is 0. The molecule has 0 aliphatic carbocycles. The lowest BCUT2D eigenvalue weighted by Crippen LogP contribution is -2.13. The van der Waals surface area contributed by atoms with Gasteiger partial charge in [0.25, 0.3) is 0 Å². The van der Waals surface area contributed by atoms with E-state index in [2.05, 4.69) is 13.8 Å². The normalized spacial score (nSPS) is 13.6. The van der Waals surface area contributed by atoms with Gasteiger partial charge in [-0.3, -0.25) is 0 Å².